The minimum atomic E-state index is -4.39. The predicted octanol–water partition coefficient (Wildman–Crippen LogP) is 5.10. The summed E-state index contributed by atoms with van der Waals surface area (Å²) in [6.07, 6.45) is -4.39. The van der Waals surface area contributed by atoms with Gasteiger partial charge in [0.2, 0.25) is 5.91 Å². The summed E-state index contributed by atoms with van der Waals surface area (Å²) < 4.78 is 38.9. The number of anilines is 1. The van der Waals surface area contributed by atoms with Crippen molar-refractivity contribution in [3.63, 3.8) is 0 Å². The summed E-state index contributed by atoms with van der Waals surface area (Å²) >= 11 is 1.34. The highest BCUT2D eigenvalue weighted by molar-refractivity contribution is 8.00. The summed E-state index contributed by atoms with van der Waals surface area (Å²) in [7, 11) is 0. The van der Waals surface area contributed by atoms with Crippen molar-refractivity contribution < 1.29 is 18.0 Å². The Morgan fingerprint density at radius 2 is 1.83 bits per heavy atom. The van der Waals surface area contributed by atoms with E-state index in [-0.39, 0.29) is 11.7 Å². The molecule has 0 N–H and O–H groups in total. The molecule has 0 bridgehead atoms. The van der Waals surface area contributed by atoms with Crippen molar-refractivity contribution in [1.82, 2.24) is 0 Å². The normalized spacial score (nSPS) is 18.3. The van der Waals surface area contributed by atoms with E-state index in [0.717, 1.165) is 28.9 Å². The van der Waals surface area contributed by atoms with E-state index in [1.807, 2.05) is 32.0 Å². The Kier molecular flexibility index (Phi) is 4.34. The van der Waals surface area contributed by atoms with Crippen LogP contribution in [0.2, 0.25) is 0 Å². The minimum absolute atomic E-state index is 0.0920. The third-order valence-corrected chi connectivity index (χ3v) is 5.35. The maximum absolute atomic E-state index is 13.0. The van der Waals surface area contributed by atoms with Gasteiger partial charge >= 0.3 is 6.18 Å². The molecular formula is C18H16F3NOS. The van der Waals surface area contributed by atoms with Gasteiger partial charge in [-0.05, 0) is 54.8 Å². The number of carbonyl (C=O) groups is 1. The van der Waals surface area contributed by atoms with Crippen LogP contribution >= 0.6 is 11.8 Å². The highest BCUT2D eigenvalue weighted by Crippen LogP contribution is 2.43. The Hall–Kier alpha value is -1.95. The molecule has 1 fully saturated rings. The van der Waals surface area contributed by atoms with Crippen LogP contribution in [0, 0.1) is 13.8 Å². The molecule has 3 rings (SSSR count). The molecule has 126 valence electrons. The van der Waals surface area contributed by atoms with Crippen LogP contribution in [0.15, 0.2) is 42.5 Å². The van der Waals surface area contributed by atoms with Crippen LogP contribution in [-0.2, 0) is 11.0 Å². The topological polar surface area (TPSA) is 20.3 Å². The molecule has 1 aliphatic rings. The van der Waals surface area contributed by atoms with E-state index < -0.39 is 17.1 Å². The summed E-state index contributed by atoms with van der Waals surface area (Å²) in [5.74, 6) is 0.166. The van der Waals surface area contributed by atoms with Crippen molar-refractivity contribution in [2.75, 3.05) is 10.7 Å². The molecule has 0 radical (unpaired) electrons. The van der Waals surface area contributed by atoms with Crippen molar-refractivity contribution in [1.29, 1.82) is 0 Å². The fourth-order valence-corrected chi connectivity index (χ4v) is 3.86. The molecule has 1 saturated heterocycles. The Balaban J connectivity index is 2.01. The SMILES string of the molecule is Cc1ccc(N2C(=O)CSC2c2cccc(C(F)(F)F)c2)cc1C. The lowest BCUT2D eigenvalue weighted by Crippen LogP contribution is -2.28. The number of aryl methyl sites for hydroxylation is 2. The molecule has 0 spiro atoms. The van der Waals surface area contributed by atoms with Crippen LogP contribution in [0.25, 0.3) is 0 Å². The van der Waals surface area contributed by atoms with Gasteiger partial charge in [-0.15, -0.1) is 11.8 Å². The minimum Gasteiger partial charge on any atom is -0.295 e. The summed E-state index contributed by atoms with van der Waals surface area (Å²) in [5, 5.41) is -0.443. The van der Waals surface area contributed by atoms with Crippen molar-refractivity contribution in [2.24, 2.45) is 0 Å². The van der Waals surface area contributed by atoms with E-state index in [4.69, 9.17) is 0 Å². The second-order valence-electron chi connectivity index (χ2n) is 5.82. The molecule has 24 heavy (non-hydrogen) atoms. The molecule has 1 atom stereocenters. The van der Waals surface area contributed by atoms with E-state index >= 15 is 0 Å². The Bertz CT molecular complexity index is 788. The van der Waals surface area contributed by atoms with Crippen LogP contribution in [-0.4, -0.2) is 11.7 Å². The summed E-state index contributed by atoms with van der Waals surface area (Å²) in [6.45, 7) is 3.93. The van der Waals surface area contributed by atoms with Crippen LogP contribution < -0.4 is 4.90 Å². The maximum Gasteiger partial charge on any atom is 0.416 e. The molecule has 1 amide bonds. The van der Waals surface area contributed by atoms with E-state index in [0.29, 0.717) is 5.56 Å². The Labute approximate surface area is 142 Å². The quantitative estimate of drug-likeness (QED) is 0.750. The first-order valence-corrected chi connectivity index (χ1v) is 8.50. The number of alkyl halides is 3. The van der Waals surface area contributed by atoms with Gasteiger partial charge in [0.05, 0.1) is 11.3 Å². The van der Waals surface area contributed by atoms with Crippen LogP contribution in [0.5, 0.6) is 0 Å². The number of carbonyl (C=O) groups excluding carboxylic acids is 1. The number of hydrogen-bond donors (Lipinski definition) is 0. The Morgan fingerprint density at radius 1 is 1.08 bits per heavy atom. The number of amides is 1. The second kappa shape index (κ2) is 6.16. The highest BCUT2D eigenvalue weighted by Gasteiger charge is 2.36. The van der Waals surface area contributed by atoms with Crippen molar-refractivity contribution in [3.8, 4) is 0 Å². The van der Waals surface area contributed by atoms with E-state index in [1.54, 1.807) is 11.0 Å². The predicted molar refractivity (Wildman–Crippen MR) is 90.0 cm³/mol. The van der Waals surface area contributed by atoms with Gasteiger partial charge < -0.3 is 0 Å². The standard InChI is InChI=1S/C18H16F3NOS/c1-11-6-7-15(8-12(11)2)22-16(23)10-24-17(22)13-4-3-5-14(9-13)18(19,20)21/h3-9,17H,10H2,1-2H3. The van der Waals surface area contributed by atoms with Crippen LogP contribution in [0.1, 0.15) is 27.6 Å². The zero-order chi connectivity index (χ0) is 17.5. The molecule has 1 aliphatic heterocycles. The first-order chi connectivity index (χ1) is 11.3. The van der Waals surface area contributed by atoms with Crippen molar-refractivity contribution in [2.45, 2.75) is 25.4 Å². The molecule has 6 heteroatoms. The lowest BCUT2D eigenvalue weighted by atomic mass is 10.1. The first-order valence-electron chi connectivity index (χ1n) is 7.45. The van der Waals surface area contributed by atoms with Crippen LogP contribution in [0.4, 0.5) is 18.9 Å². The van der Waals surface area contributed by atoms with Gasteiger partial charge in [0.1, 0.15) is 5.37 Å². The number of thioether (sulfide) groups is 1. The molecule has 0 aliphatic carbocycles. The van der Waals surface area contributed by atoms with Gasteiger partial charge in [-0.2, -0.15) is 13.2 Å². The van der Waals surface area contributed by atoms with Gasteiger partial charge in [-0.3, -0.25) is 9.69 Å². The van der Waals surface area contributed by atoms with E-state index in [2.05, 4.69) is 0 Å². The van der Waals surface area contributed by atoms with Gasteiger partial charge in [-0.1, -0.05) is 18.2 Å². The van der Waals surface area contributed by atoms with Crippen molar-refractivity contribution >= 4 is 23.4 Å². The average molecular weight is 351 g/mol. The molecule has 2 aromatic rings. The number of benzene rings is 2. The molecule has 1 unspecified atom stereocenters. The van der Waals surface area contributed by atoms with Gasteiger partial charge in [-0.25, -0.2) is 0 Å². The monoisotopic (exact) mass is 351 g/mol. The van der Waals surface area contributed by atoms with Gasteiger partial charge in [0.25, 0.3) is 0 Å². The lowest BCUT2D eigenvalue weighted by Gasteiger charge is -2.25. The second-order valence-corrected chi connectivity index (χ2v) is 6.89. The number of halogens is 3. The molecule has 1 heterocycles. The number of rotatable bonds is 2. The molecular weight excluding hydrogens is 335 g/mol. The number of hydrogen-bond acceptors (Lipinski definition) is 2. The average Bonchev–Trinajstić information content (AvgIpc) is 2.91. The molecule has 2 nitrogen and oxygen atoms in total. The van der Waals surface area contributed by atoms with Gasteiger partial charge in [0, 0.05) is 5.69 Å². The third-order valence-electron chi connectivity index (χ3n) is 4.14. The highest BCUT2D eigenvalue weighted by atomic mass is 32.2. The largest absolute Gasteiger partial charge is 0.416 e. The van der Waals surface area contributed by atoms with E-state index in [9.17, 15) is 18.0 Å². The first kappa shape index (κ1) is 16.9. The zero-order valence-electron chi connectivity index (χ0n) is 13.2. The summed E-state index contributed by atoms with van der Waals surface area (Å²) in [5.41, 5.74) is 2.66. The molecule has 0 saturated carbocycles. The zero-order valence-corrected chi connectivity index (χ0v) is 14.0. The fraction of sp³-hybridized carbons (Fsp3) is 0.278. The lowest BCUT2D eigenvalue weighted by molar-refractivity contribution is -0.137. The summed E-state index contributed by atoms with van der Waals surface area (Å²) in [4.78, 5) is 13.9. The van der Waals surface area contributed by atoms with Gasteiger partial charge in [0.15, 0.2) is 0 Å². The maximum atomic E-state index is 13.0. The third kappa shape index (κ3) is 3.15. The fourth-order valence-electron chi connectivity index (χ4n) is 2.69. The van der Waals surface area contributed by atoms with Crippen LogP contribution in [0.3, 0.4) is 0 Å². The molecule has 2 aromatic carbocycles. The number of nitrogens with zero attached hydrogens (tertiary/aromatic N) is 1. The Morgan fingerprint density at radius 3 is 2.50 bits per heavy atom. The van der Waals surface area contributed by atoms with Crippen molar-refractivity contribution in [3.05, 3.63) is 64.7 Å². The summed E-state index contributed by atoms with van der Waals surface area (Å²) in [6, 6.07) is 10.9. The van der Waals surface area contributed by atoms with E-state index in [1.165, 1.54) is 17.8 Å². The smallest absolute Gasteiger partial charge is 0.295 e. The molecule has 0 aromatic heterocycles.